The summed E-state index contributed by atoms with van der Waals surface area (Å²) in [5.41, 5.74) is 1.86. The first-order valence-electron chi connectivity index (χ1n) is 5.04. The van der Waals surface area contributed by atoms with Crippen molar-refractivity contribution >= 4 is 17.9 Å². The molecule has 0 fully saturated rings. The minimum atomic E-state index is -0.287. The van der Waals surface area contributed by atoms with Gasteiger partial charge in [-0.15, -0.1) is 0 Å². The van der Waals surface area contributed by atoms with Crippen molar-refractivity contribution in [3.05, 3.63) is 52.1 Å². The third kappa shape index (κ3) is 2.36. The maximum absolute atomic E-state index is 12.7. The molecule has 0 saturated heterocycles. The van der Waals surface area contributed by atoms with Crippen LogP contribution in [-0.2, 0) is 6.54 Å². The normalized spacial score (nSPS) is 10.5. The van der Waals surface area contributed by atoms with Crippen LogP contribution in [0.2, 0.25) is 5.15 Å². The van der Waals surface area contributed by atoms with Crippen LogP contribution >= 0.6 is 11.6 Å². The van der Waals surface area contributed by atoms with Crippen molar-refractivity contribution in [2.45, 2.75) is 13.5 Å². The number of halogens is 2. The Bertz CT molecular complexity index is 548. The fourth-order valence-electron chi connectivity index (χ4n) is 1.57. The van der Waals surface area contributed by atoms with Gasteiger partial charge in [-0.1, -0.05) is 23.7 Å². The molecule has 88 valence electrons. The summed E-state index contributed by atoms with van der Waals surface area (Å²) in [5, 5.41) is 4.47. The Hall–Kier alpha value is -1.68. The number of hydrogen-bond donors (Lipinski definition) is 0. The van der Waals surface area contributed by atoms with Gasteiger partial charge in [0.1, 0.15) is 11.0 Å². The SMILES string of the molecule is Cc1nn(Cc2ccc(F)cc2)c(Cl)c1C=O. The van der Waals surface area contributed by atoms with Gasteiger partial charge < -0.3 is 0 Å². The fourth-order valence-corrected chi connectivity index (χ4v) is 1.85. The molecule has 0 atom stereocenters. The molecule has 1 heterocycles. The van der Waals surface area contributed by atoms with Crippen molar-refractivity contribution in [1.29, 1.82) is 0 Å². The molecule has 2 rings (SSSR count). The lowest BCUT2D eigenvalue weighted by atomic mass is 10.2. The van der Waals surface area contributed by atoms with Crippen molar-refractivity contribution in [3.8, 4) is 0 Å². The molecule has 3 nitrogen and oxygen atoms in total. The minimum Gasteiger partial charge on any atom is -0.298 e. The summed E-state index contributed by atoms with van der Waals surface area (Å²) in [7, 11) is 0. The van der Waals surface area contributed by atoms with Gasteiger partial charge in [0, 0.05) is 0 Å². The second-order valence-corrected chi connectivity index (χ2v) is 4.05. The first-order valence-corrected chi connectivity index (χ1v) is 5.42. The number of carbonyl (C=O) groups excluding carboxylic acids is 1. The Labute approximate surface area is 103 Å². The third-order valence-corrected chi connectivity index (χ3v) is 2.87. The van der Waals surface area contributed by atoms with Crippen LogP contribution in [0.15, 0.2) is 24.3 Å². The van der Waals surface area contributed by atoms with E-state index in [-0.39, 0.29) is 5.82 Å². The molecule has 1 aromatic heterocycles. The van der Waals surface area contributed by atoms with E-state index < -0.39 is 0 Å². The van der Waals surface area contributed by atoms with E-state index in [1.54, 1.807) is 19.1 Å². The molecule has 0 saturated carbocycles. The maximum atomic E-state index is 12.7. The lowest BCUT2D eigenvalue weighted by Crippen LogP contribution is -2.02. The maximum Gasteiger partial charge on any atom is 0.155 e. The Morgan fingerprint density at radius 2 is 2.06 bits per heavy atom. The van der Waals surface area contributed by atoms with Gasteiger partial charge >= 0.3 is 0 Å². The van der Waals surface area contributed by atoms with E-state index in [0.29, 0.717) is 29.2 Å². The summed E-state index contributed by atoms with van der Waals surface area (Å²) >= 11 is 6.01. The van der Waals surface area contributed by atoms with Crippen molar-refractivity contribution < 1.29 is 9.18 Å². The number of benzene rings is 1. The quantitative estimate of drug-likeness (QED) is 0.788. The summed E-state index contributed by atoms with van der Waals surface area (Å²) in [6, 6.07) is 6.06. The van der Waals surface area contributed by atoms with Crippen LogP contribution in [0.1, 0.15) is 21.6 Å². The molecule has 0 amide bonds. The van der Waals surface area contributed by atoms with Gasteiger partial charge in [-0.3, -0.25) is 4.79 Å². The van der Waals surface area contributed by atoms with Gasteiger partial charge in [0.05, 0.1) is 17.8 Å². The smallest absolute Gasteiger partial charge is 0.155 e. The van der Waals surface area contributed by atoms with E-state index in [1.807, 2.05) is 0 Å². The summed E-state index contributed by atoms with van der Waals surface area (Å²) < 4.78 is 14.3. The highest BCUT2D eigenvalue weighted by Crippen LogP contribution is 2.18. The molecule has 5 heteroatoms. The molecule has 0 aliphatic heterocycles. The first-order chi connectivity index (χ1) is 8.11. The monoisotopic (exact) mass is 252 g/mol. The highest BCUT2D eigenvalue weighted by atomic mass is 35.5. The highest BCUT2D eigenvalue weighted by molar-refractivity contribution is 6.32. The number of nitrogens with zero attached hydrogens (tertiary/aromatic N) is 2. The number of carbonyl (C=O) groups is 1. The Morgan fingerprint density at radius 3 is 2.59 bits per heavy atom. The van der Waals surface area contributed by atoms with Crippen molar-refractivity contribution in [3.63, 3.8) is 0 Å². The molecule has 0 N–H and O–H groups in total. The van der Waals surface area contributed by atoms with Crippen molar-refractivity contribution in [2.75, 3.05) is 0 Å². The molecular formula is C12H10ClFN2O. The predicted molar refractivity (Wildman–Crippen MR) is 62.9 cm³/mol. The lowest BCUT2D eigenvalue weighted by molar-refractivity contribution is 0.112. The van der Waals surface area contributed by atoms with E-state index in [1.165, 1.54) is 16.8 Å². The summed E-state index contributed by atoms with van der Waals surface area (Å²) in [5.74, 6) is -0.287. The molecule has 0 spiro atoms. The molecule has 0 radical (unpaired) electrons. The number of hydrogen-bond acceptors (Lipinski definition) is 2. The number of rotatable bonds is 3. The second kappa shape index (κ2) is 4.67. The average Bonchev–Trinajstić information content (AvgIpc) is 2.57. The number of aryl methyl sites for hydroxylation is 1. The van der Waals surface area contributed by atoms with Gasteiger partial charge in [0.2, 0.25) is 0 Å². The van der Waals surface area contributed by atoms with Crippen LogP contribution < -0.4 is 0 Å². The van der Waals surface area contributed by atoms with Crippen LogP contribution in [0.5, 0.6) is 0 Å². The van der Waals surface area contributed by atoms with Crippen LogP contribution in [0.4, 0.5) is 4.39 Å². The molecule has 2 aromatic rings. The van der Waals surface area contributed by atoms with E-state index >= 15 is 0 Å². The zero-order valence-electron chi connectivity index (χ0n) is 9.15. The topological polar surface area (TPSA) is 34.9 Å². The summed E-state index contributed by atoms with van der Waals surface area (Å²) in [6.45, 7) is 2.13. The minimum absolute atomic E-state index is 0.287. The second-order valence-electron chi connectivity index (χ2n) is 3.69. The standard InChI is InChI=1S/C12H10ClFN2O/c1-8-11(7-17)12(13)16(15-8)6-9-2-4-10(14)5-3-9/h2-5,7H,6H2,1H3. The third-order valence-electron chi connectivity index (χ3n) is 2.47. The van der Waals surface area contributed by atoms with Crippen LogP contribution in [-0.4, -0.2) is 16.1 Å². The number of aldehydes is 1. The largest absolute Gasteiger partial charge is 0.298 e. The fraction of sp³-hybridized carbons (Fsp3) is 0.167. The summed E-state index contributed by atoms with van der Waals surface area (Å²) in [6.07, 6.45) is 0.686. The van der Waals surface area contributed by atoms with E-state index in [4.69, 9.17) is 11.6 Å². The zero-order valence-corrected chi connectivity index (χ0v) is 9.91. The summed E-state index contributed by atoms with van der Waals surface area (Å²) in [4.78, 5) is 10.8. The Balaban J connectivity index is 2.30. The van der Waals surface area contributed by atoms with Crippen LogP contribution in [0.25, 0.3) is 0 Å². The zero-order chi connectivity index (χ0) is 12.4. The lowest BCUT2D eigenvalue weighted by Gasteiger charge is -2.03. The first kappa shape index (κ1) is 11.8. The van der Waals surface area contributed by atoms with Crippen molar-refractivity contribution in [2.24, 2.45) is 0 Å². The molecule has 1 aromatic carbocycles. The molecule has 0 aliphatic rings. The van der Waals surface area contributed by atoms with Crippen LogP contribution in [0.3, 0.4) is 0 Å². The van der Waals surface area contributed by atoms with Gasteiger partial charge in [0.15, 0.2) is 6.29 Å². The van der Waals surface area contributed by atoms with E-state index in [2.05, 4.69) is 5.10 Å². The van der Waals surface area contributed by atoms with Gasteiger partial charge in [-0.25, -0.2) is 9.07 Å². The van der Waals surface area contributed by atoms with E-state index in [9.17, 15) is 9.18 Å². The van der Waals surface area contributed by atoms with E-state index in [0.717, 1.165) is 5.56 Å². The predicted octanol–water partition coefficient (Wildman–Crippen LogP) is 2.84. The Morgan fingerprint density at radius 1 is 1.41 bits per heavy atom. The molecule has 0 bridgehead atoms. The van der Waals surface area contributed by atoms with Gasteiger partial charge in [-0.2, -0.15) is 5.10 Å². The van der Waals surface area contributed by atoms with Crippen molar-refractivity contribution in [1.82, 2.24) is 9.78 Å². The van der Waals surface area contributed by atoms with Crippen LogP contribution in [0, 0.1) is 12.7 Å². The Kier molecular flexibility index (Phi) is 3.24. The number of aromatic nitrogens is 2. The van der Waals surface area contributed by atoms with Gasteiger partial charge in [-0.05, 0) is 24.6 Å². The molecule has 0 unspecified atom stereocenters. The molecule has 17 heavy (non-hydrogen) atoms. The average molecular weight is 253 g/mol. The van der Waals surface area contributed by atoms with Gasteiger partial charge in [0.25, 0.3) is 0 Å². The molecular weight excluding hydrogens is 243 g/mol. The highest BCUT2D eigenvalue weighted by Gasteiger charge is 2.12. The molecule has 0 aliphatic carbocycles.